The first-order valence-corrected chi connectivity index (χ1v) is 7.11. The Labute approximate surface area is 121 Å². The number of aromatic nitrogens is 2. The first-order chi connectivity index (χ1) is 9.60. The highest BCUT2D eigenvalue weighted by atomic mass is 16.2. The normalized spacial score (nSPS) is 10.7. The molecule has 1 aromatic heterocycles. The number of likely N-dealkylation sites (N-methyl/N-ethyl adjacent to an activating group) is 2. The van der Waals surface area contributed by atoms with Gasteiger partial charge in [-0.05, 0) is 27.8 Å². The number of nitrogens with zero attached hydrogens (tertiary/aromatic N) is 4. The van der Waals surface area contributed by atoms with E-state index in [1.165, 1.54) is 0 Å². The van der Waals surface area contributed by atoms with Gasteiger partial charge in [0.05, 0.1) is 24.6 Å². The second-order valence-corrected chi connectivity index (χ2v) is 4.66. The number of carbonyl (C=O) groups is 1. The van der Waals surface area contributed by atoms with E-state index in [9.17, 15) is 4.79 Å². The van der Waals surface area contributed by atoms with Gasteiger partial charge in [0.1, 0.15) is 5.82 Å². The molecule has 1 heterocycles. The van der Waals surface area contributed by atoms with Crippen LogP contribution in [0, 0.1) is 0 Å². The Morgan fingerprint density at radius 2 is 1.90 bits per heavy atom. The third-order valence-electron chi connectivity index (χ3n) is 3.02. The summed E-state index contributed by atoms with van der Waals surface area (Å²) in [7, 11) is 1.92. The van der Waals surface area contributed by atoms with Crippen molar-refractivity contribution >= 4 is 11.7 Å². The van der Waals surface area contributed by atoms with E-state index in [0.717, 1.165) is 31.1 Å². The first kappa shape index (κ1) is 16.4. The number of nitrogens with one attached hydrogen (secondary N) is 1. The Bertz CT molecular complexity index is 403. The summed E-state index contributed by atoms with van der Waals surface area (Å²) in [6.07, 6.45) is 3.47. The van der Waals surface area contributed by atoms with Gasteiger partial charge in [-0.15, -0.1) is 0 Å². The molecule has 0 aliphatic rings. The SMILES string of the molecule is CCNc1cnc(CN(C)CC(=O)N(CC)CC)cn1. The predicted molar refractivity (Wildman–Crippen MR) is 80.5 cm³/mol. The van der Waals surface area contributed by atoms with Crippen molar-refractivity contribution in [3.8, 4) is 0 Å². The highest BCUT2D eigenvalue weighted by Crippen LogP contribution is 2.03. The topological polar surface area (TPSA) is 61.4 Å². The van der Waals surface area contributed by atoms with E-state index < -0.39 is 0 Å². The molecule has 112 valence electrons. The number of carbonyl (C=O) groups excluding carboxylic acids is 1. The van der Waals surface area contributed by atoms with Gasteiger partial charge in [0.25, 0.3) is 0 Å². The molecule has 20 heavy (non-hydrogen) atoms. The van der Waals surface area contributed by atoms with Crippen molar-refractivity contribution in [1.82, 2.24) is 19.8 Å². The zero-order valence-electron chi connectivity index (χ0n) is 12.9. The maximum Gasteiger partial charge on any atom is 0.236 e. The molecular weight excluding hydrogens is 254 g/mol. The van der Waals surface area contributed by atoms with Gasteiger partial charge in [0.2, 0.25) is 5.91 Å². The Balaban J connectivity index is 2.49. The van der Waals surface area contributed by atoms with Gasteiger partial charge in [0.15, 0.2) is 0 Å². The zero-order valence-corrected chi connectivity index (χ0v) is 12.9. The van der Waals surface area contributed by atoms with Crippen LogP contribution >= 0.6 is 0 Å². The molecule has 1 aromatic rings. The molecule has 0 fully saturated rings. The average Bonchev–Trinajstić information content (AvgIpc) is 2.42. The number of rotatable bonds is 8. The molecule has 1 N–H and O–H groups in total. The molecule has 1 rings (SSSR count). The van der Waals surface area contributed by atoms with E-state index in [0.29, 0.717) is 13.1 Å². The Kier molecular flexibility index (Phi) is 6.93. The Morgan fingerprint density at radius 1 is 1.20 bits per heavy atom. The summed E-state index contributed by atoms with van der Waals surface area (Å²) in [5.74, 6) is 0.924. The molecule has 0 saturated carbocycles. The van der Waals surface area contributed by atoms with Crippen LogP contribution in [0.4, 0.5) is 5.82 Å². The molecule has 0 aliphatic carbocycles. The lowest BCUT2D eigenvalue weighted by molar-refractivity contribution is -0.131. The van der Waals surface area contributed by atoms with Gasteiger partial charge >= 0.3 is 0 Å². The smallest absolute Gasteiger partial charge is 0.236 e. The van der Waals surface area contributed by atoms with Gasteiger partial charge in [-0.1, -0.05) is 0 Å². The summed E-state index contributed by atoms with van der Waals surface area (Å²) < 4.78 is 0. The lowest BCUT2D eigenvalue weighted by Gasteiger charge is -2.22. The standard InChI is InChI=1S/C14H25N5O/c1-5-15-13-9-16-12(8-17-13)10-18(4)11-14(20)19(6-2)7-3/h8-9H,5-7,10-11H2,1-4H3,(H,15,17). The Morgan fingerprint density at radius 3 is 2.40 bits per heavy atom. The van der Waals surface area contributed by atoms with E-state index in [-0.39, 0.29) is 5.91 Å². The first-order valence-electron chi connectivity index (χ1n) is 7.11. The lowest BCUT2D eigenvalue weighted by Crippen LogP contribution is -2.38. The van der Waals surface area contributed by atoms with Crippen molar-refractivity contribution in [3.63, 3.8) is 0 Å². The summed E-state index contributed by atoms with van der Waals surface area (Å²) in [4.78, 5) is 24.4. The maximum atomic E-state index is 12.0. The fraction of sp³-hybridized carbons (Fsp3) is 0.643. The van der Waals surface area contributed by atoms with Crippen LogP contribution in [-0.2, 0) is 11.3 Å². The second kappa shape index (κ2) is 8.47. The molecule has 6 nitrogen and oxygen atoms in total. The van der Waals surface area contributed by atoms with Crippen molar-refractivity contribution in [2.45, 2.75) is 27.3 Å². The van der Waals surface area contributed by atoms with Crippen LogP contribution in [-0.4, -0.2) is 58.9 Å². The van der Waals surface area contributed by atoms with Crippen LogP contribution in [0.15, 0.2) is 12.4 Å². The third-order valence-corrected chi connectivity index (χ3v) is 3.02. The fourth-order valence-corrected chi connectivity index (χ4v) is 1.95. The predicted octanol–water partition coefficient (Wildman–Crippen LogP) is 1.21. The van der Waals surface area contributed by atoms with Gasteiger partial charge in [-0.25, -0.2) is 4.98 Å². The molecule has 0 spiro atoms. The summed E-state index contributed by atoms with van der Waals surface area (Å²) in [5, 5.41) is 3.10. The molecule has 0 bridgehead atoms. The monoisotopic (exact) mass is 279 g/mol. The van der Waals surface area contributed by atoms with Crippen LogP contribution in [0.1, 0.15) is 26.5 Å². The number of hydrogen-bond donors (Lipinski definition) is 1. The molecule has 6 heteroatoms. The van der Waals surface area contributed by atoms with E-state index >= 15 is 0 Å². The van der Waals surface area contributed by atoms with Gasteiger partial charge in [0, 0.05) is 26.2 Å². The minimum atomic E-state index is 0.148. The molecule has 0 aromatic carbocycles. The molecule has 0 atom stereocenters. The van der Waals surface area contributed by atoms with Crippen LogP contribution in [0.3, 0.4) is 0 Å². The quantitative estimate of drug-likeness (QED) is 0.775. The highest BCUT2D eigenvalue weighted by molar-refractivity contribution is 5.78. The van der Waals surface area contributed by atoms with E-state index in [1.54, 1.807) is 12.4 Å². The Hall–Kier alpha value is -1.69. The van der Waals surface area contributed by atoms with Crippen molar-refractivity contribution in [2.24, 2.45) is 0 Å². The molecule has 0 aliphatic heterocycles. The van der Waals surface area contributed by atoms with Crippen LogP contribution in [0.2, 0.25) is 0 Å². The lowest BCUT2D eigenvalue weighted by atomic mass is 10.3. The van der Waals surface area contributed by atoms with Crippen molar-refractivity contribution in [3.05, 3.63) is 18.1 Å². The summed E-state index contributed by atoms with van der Waals surface area (Å²) >= 11 is 0. The third kappa shape index (κ3) is 5.13. The summed E-state index contributed by atoms with van der Waals surface area (Å²) in [6, 6.07) is 0. The zero-order chi connectivity index (χ0) is 15.0. The average molecular weight is 279 g/mol. The van der Waals surface area contributed by atoms with Gasteiger partial charge < -0.3 is 10.2 Å². The van der Waals surface area contributed by atoms with Crippen molar-refractivity contribution < 1.29 is 4.79 Å². The number of hydrogen-bond acceptors (Lipinski definition) is 5. The fourth-order valence-electron chi connectivity index (χ4n) is 1.95. The second-order valence-electron chi connectivity index (χ2n) is 4.66. The van der Waals surface area contributed by atoms with Crippen LogP contribution in [0.25, 0.3) is 0 Å². The van der Waals surface area contributed by atoms with Crippen LogP contribution in [0.5, 0.6) is 0 Å². The van der Waals surface area contributed by atoms with Gasteiger partial charge in [-0.2, -0.15) is 0 Å². The largest absolute Gasteiger partial charge is 0.369 e. The van der Waals surface area contributed by atoms with Gasteiger partial charge in [-0.3, -0.25) is 14.7 Å². The summed E-state index contributed by atoms with van der Waals surface area (Å²) in [5.41, 5.74) is 0.862. The minimum Gasteiger partial charge on any atom is -0.369 e. The van der Waals surface area contributed by atoms with Crippen molar-refractivity contribution in [1.29, 1.82) is 0 Å². The summed E-state index contributed by atoms with van der Waals surface area (Å²) in [6.45, 7) is 9.35. The highest BCUT2D eigenvalue weighted by Gasteiger charge is 2.12. The number of anilines is 1. The molecular formula is C14H25N5O. The maximum absolute atomic E-state index is 12.0. The molecule has 0 unspecified atom stereocenters. The molecule has 1 amide bonds. The molecule has 0 radical (unpaired) electrons. The minimum absolute atomic E-state index is 0.148. The van der Waals surface area contributed by atoms with E-state index in [4.69, 9.17) is 0 Å². The number of amides is 1. The molecule has 0 saturated heterocycles. The van der Waals surface area contributed by atoms with Crippen LogP contribution < -0.4 is 5.32 Å². The van der Waals surface area contributed by atoms with E-state index in [2.05, 4.69) is 15.3 Å². The van der Waals surface area contributed by atoms with E-state index in [1.807, 2.05) is 37.6 Å². The van der Waals surface area contributed by atoms with Crippen molar-refractivity contribution in [2.75, 3.05) is 38.5 Å².